The molecule has 0 aliphatic rings. The van der Waals surface area contributed by atoms with Crippen LogP contribution in [0.4, 0.5) is 0 Å². The highest BCUT2D eigenvalue weighted by atomic mass is 15.0. The van der Waals surface area contributed by atoms with Crippen LogP contribution >= 0.6 is 0 Å². The maximum atomic E-state index is 5.97. The van der Waals surface area contributed by atoms with Crippen molar-refractivity contribution in [3.63, 3.8) is 0 Å². The van der Waals surface area contributed by atoms with Crippen LogP contribution < -0.4 is 21.7 Å². The quantitative estimate of drug-likeness (QED) is 0.355. The maximum Gasteiger partial charge on any atom is 0.0192 e. The van der Waals surface area contributed by atoms with Gasteiger partial charge in [-0.05, 0) is 62.2 Å². The Morgan fingerprint density at radius 3 is 2.46 bits per heavy atom. The molecular weight excluding hydrogens is 344 g/mol. The van der Waals surface area contributed by atoms with E-state index < -0.39 is 0 Å². The Labute approximate surface area is 171 Å². The number of hydrogen-bond donors (Lipinski definition) is 4. The second kappa shape index (κ2) is 13.7. The van der Waals surface area contributed by atoms with Gasteiger partial charge in [0.2, 0.25) is 0 Å². The molecule has 0 bridgehead atoms. The standard InChI is InChI=1S/C24H40N4/c1-3-4-12-23(19-28-22(18-25)13-8-16-26-2)27-17-15-21-11-7-10-20-9-5-6-14-24(20)21/h5-7,9-11,14,22-23,26-28H,3-4,8,12-13,15-19,25H2,1-2H3/t22-,23-/m1/s1. The predicted octanol–water partition coefficient (Wildman–Crippen LogP) is 3.45. The highest BCUT2D eigenvalue weighted by Crippen LogP contribution is 2.18. The van der Waals surface area contributed by atoms with Crippen molar-refractivity contribution >= 4 is 10.8 Å². The van der Waals surface area contributed by atoms with E-state index in [1.165, 1.54) is 42.0 Å². The van der Waals surface area contributed by atoms with Crippen LogP contribution in [0.2, 0.25) is 0 Å². The highest BCUT2D eigenvalue weighted by molar-refractivity contribution is 5.85. The molecule has 2 rings (SSSR count). The van der Waals surface area contributed by atoms with Crippen LogP contribution in [-0.4, -0.2) is 45.3 Å². The minimum absolute atomic E-state index is 0.414. The van der Waals surface area contributed by atoms with Crippen molar-refractivity contribution in [3.05, 3.63) is 48.0 Å². The lowest BCUT2D eigenvalue weighted by Gasteiger charge is -2.23. The molecule has 0 radical (unpaired) electrons. The van der Waals surface area contributed by atoms with Crippen molar-refractivity contribution in [2.45, 2.75) is 57.5 Å². The van der Waals surface area contributed by atoms with Crippen LogP contribution in [0, 0.1) is 0 Å². The molecule has 0 aromatic heterocycles. The molecule has 5 N–H and O–H groups in total. The molecule has 0 aliphatic heterocycles. The van der Waals surface area contributed by atoms with E-state index in [1.54, 1.807) is 0 Å². The van der Waals surface area contributed by atoms with Gasteiger partial charge in [-0.15, -0.1) is 0 Å². The summed E-state index contributed by atoms with van der Waals surface area (Å²) in [5.41, 5.74) is 7.40. The van der Waals surface area contributed by atoms with Crippen LogP contribution in [-0.2, 0) is 6.42 Å². The number of nitrogens with one attached hydrogen (secondary N) is 3. The van der Waals surface area contributed by atoms with Crippen LogP contribution in [0.1, 0.15) is 44.6 Å². The van der Waals surface area contributed by atoms with Gasteiger partial charge >= 0.3 is 0 Å². The van der Waals surface area contributed by atoms with E-state index in [1.807, 2.05) is 7.05 Å². The summed E-state index contributed by atoms with van der Waals surface area (Å²) in [5.74, 6) is 0. The fourth-order valence-corrected chi connectivity index (χ4v) is 3.79. The number of nitrogens with two attached hydrogens (primary N) is 1. The van der Waals surface area contributed by atoms with E-state index in [2.05, 4.69) is 65.3 Å². The van der Waals surface area contributed by atoms with E-state index >= 15 is 0 Å². The monoisotopic (exact) mass is 384 g/mol. The van der Waals surface area contributed by atoms with Gasteiger partial charge in [-0.3, -0.25) is 0 Å². The Morgan fingerprint density at radius 1 is 0.893 bits per heavy atom. The average molecular weight is 385 g/mol. The first-order valence-corrected chi connectivity index (χ1v) is 11.1. The lowest BCUT2D eigenvalue weighted by atomic mass is 10.0. The zero-order chi connectivity index (χ0) is 20.0. The maximum absolute atomic E-state index is 5.97. The average Bonchev–Trinajstić information content (AvgIpc) is 2.74. The molecule has 0 saturated heterocycles. The Morgan fingerprint density at radius 2 is 1.68 bits per heavy atom. The molecule has 2 aromatic carbocycles. The SMILES string of the molecule is CCCC[C@H](CN[C@@H](CN)CCCNC)NCCc1cccc2ccccc12. The smallest absolute Gasteiger partial charge is 0.0192 e. The minimum atomic E-state index is 0.414. The normalized spacial score (nSPS) is 13.7. The third-order valence-corrected chi connectivity index (χ3v) is 5.53. The second-order valence-electron chi connectivity index (χ2n) is 7.77. The molecular formula is C24H40N4. The molecule has 0 aliphatic carbocycles. The molecule has 0 spiro atoms. The van der Waals surface area contributed by atoms with Crippen LogP contribution in [0.25, 0.3) is 10.8 Å². The van der Waals surface area contributed by atoms with E-state index in [9.17, 15) is 0 Å². The number of rotatable bonds is 15. The zero-order valence-corrected chi connectivity index (χ0v) is 17.8. The van der Waals surface area contributed by atoms with Crippen molar-refractivity contribution in [2.75, 3.05) is 33.2 Å². The number of unbranched alkanes of at least 4 members (excludes halogenated alkanes) is 1. The van der Waals surface area contributed by atoms with E-state index in [-0.39, 0.29) is 0 Å². The van der Waals surface area contributed by atoms with Gasteiger partial charge in [0, 0.05) is 25.2 Å². The molecule has 4 nitrogen and oxygen atoms in total. The van der Waals surface area contributed by atoms with Crippen LogP contribution in [0.15, 0.2) is 42.5 Å². The molecule has 0 fully saturated rings. The fourth-order valence-electron chi connectivity index (χ4n) is 3.79. The summed E-state index contributed by atoms with van der Waals surface area (Å²) in [5, 5.41) is 13.4. The van der Waals surface area contributed by atoms with Crippen LogP contribution in [0.5, 0.6) is 0 Å². The molecule has 28 heavy (non-hydrogen) atoms. The predicted molar refractivity (Wildman–Crippen MR) is 123 cm³/mol. The minimum Gasteiger partial charge on any atom is -0.329 e. The van der Waals surface area contributed by atoms with Gasteiger partial charge in [0.1, 0.15) is 0 Å². The molecule has 2 atom stereocenters. The number of fused-ring (bicyclic) bond motifs is 1. The number of benzene rings is 2. The van der Waals surface area contributed by atoms with E-state index in [0.29, 0.717) is 18.6 Å². The largest absolute Gasteiger partial charge is 0.329 e. The summed E-state index contributed by atoms with van der Waals surface area (Å²) < 4.78 is 0. The van der Waals surface area contributed by atoms with Gasteiger partial charge in [-0.2, -0.15) is 0 Å². The first kappa shape index (κ1) is 22.8. The zero-order valence-electron chi connectivity index (χ0n) is 17.8. The summed E-state index contributed by atoms with van der Waals surface area (Å²) in [6, 6.07) is 16.2. The Kier molecular flexibility index (Phi) is 11.1. The van der Waals surface area contributed by atoms with Crippen molar-refractivity contribution in [1.82, 2.24) is 16.0 Å². The summed E-state index contributed by atoms with van der Waals surface area (Å²) >= 11 is 0. The van der Waals surface area contributed by atoms with Crippen molar-refractivity contribution < 1.29 is 0 Å². The molecule has 0 heterocycles. The topological polar surface area (TPSA) is 62.1 Å². The number of hydrogen-bond acceptors (Lipinski definition) is 4. The van der Waals surface area contributed by atoms with Crippen molar-refractivity contribution in [3.8, 4) is 0 Å². The third kappa shape index (κ3) is 7.88. The highest BCUT2D eigenvalue weighted by Gasteiger charge is 2.12. The molecule has 0 amide bonds. The molecule has 4 heteroatoms. The van der Waals surface area contributed by atoms with Crippen molar-refractivity contribution in [1.29, 1.82) is 0 Å². The van der Waals surface area contributed by atoms with Gasteiger partial charge in [0.25, 0.3) is 0 Å². The summed E-state index contributed by atoms with van der Waals surface area (Å²) in [7, 11) is 2.01. The molecule has 2 aromatic rings. The van der Waals surface area contributed by atoms with Gasteiger partial charge in [-0.25, -0.2) is 0 Å². The van der Waals surface area contributed by atoms with Crippen molar-refractivity contribution in [2.24, 2.45) is 5.73 Å². The summed E-state index contributed by atoms with van der Waals surface area (Å²) in [4.78, 5) is 0. The molecule has 156 valence electrons. The Hall–Kier alpha value is -1.46. The van der Waals surface area contributed by atoms with Gasteiger partial charge in [-0.1, -0.05) is 62.2 Å². The molecule has 0 saturated carbocycles. The Balaban J connectivity index is 1.83. The van der Waals surface area contributed by atoms with Gasteiger partial charge in [0.15, 0.2) is 0 Å². The fraction of sp³-hybridized carbons (Fsp3) is 0.583. The third-order valence-electron chi connectivity index (χ3n) is 5.53. The van der Waals surface area contributed by atoms with Gasteiger partial charge in [0.05, 0.1) is 0 Å². The van der Waals surface area contributed by atoms with Crippen LogP contribution in [0.3, 0.4) is 0 Å². The lowest BCUT2D eigenvalue weighted by Crippen LogP contribution is -2.45. The lowest BCUT2D eigenvalue weighted by molar-refractivity contribution is 0.393. The van der Waals surface area contributed by atoms with Gasteiger partial charge < -0.3 is 21.7 Å². The summed E-state index contributed by atoms with van der Waals surface area (Å²) in [6.07, 6.45) is 7.08. The first-order chi connectivity index (χ1) is 13.8. The second-order valence-corrected chi connectivity index (χ2v) is 7.77. The van der Waals surface area contributed by atoms with E-state index in [0.717, 1.165) is 32.5 Å². The molecule has 0 unspecified atom stereocenters. The Bertz CT molecular complexity index is 653. The summed E-state index contributed by atoms with van der Waals surface area (Å²) in [6.45, 7) is 6.04. The first-order valence-electron chi connectivity index (χ1n) is 11.1. The van der Waals surface area contributed by atoms with E-state index in [4.69, 9.17) is 5.73 Å².